The minimum absolute atomic E-state index is 0.0787. The Hall–Kier alpha value is -2.22. The molecule has 1 fully saturated rings. The smallest absolute Gasteiger partial charge is 0.234 e. The fourth-order valence-electron chi connectivity index (χ4n) is 3.19. The van der Waals surface area contributed by atoms with Crippen LogP contribution in [-0.4, -0.2) is 26.7 Å². The van der Waals surface area contributed by atoms with E-state index in [1.165, 1.54) is 0 Å². The number of benzene rings is 1. The average Bonchev–Trinajstić information content (AvgIpc) is 3.02. The standard InChI is InChI=1S/C17H22N2O3/c1-21-14-6-5-13(11-15(14)22-2)17(8-3-4-9-17)12-19-16(20)7-10-18/h5-6,11H,3-4,7-9,12H2,1-2H3,(H,19,20). The summed E-state index contributed by atoms with van der Waals surface area (Å²) in [6, 6.07) is 7.83. The largest absolute Gasteiger partial charge is 0.493 e. The number of carbonyl (C=O) groups excluding carboxylic acids is 1. The van der Waals surface area contributed by atoms with E-state index in [4.69, 9.17) is 14.7 Å². The van der Waals surface area contributed by atoms with Crippen molar-refractivity contribution in [2.45, 2.75) is 37.5 Å². The van der Waals surface area contributed by atoms with Gasteiger partial charge in [-0.2, -0.15) is 5.26 Å². The lowest BCUT2D eigenvalue weighted by atomic mass is 9.78. The minimum atomic E-state index is -0.214. The highest BCUT2D eigenvalue weighted by Gasteiger charge is 2.36. The molecule has 22 heavy (non-hydrogen) atoms. The molecular formula is C17H22N2O3. The van der Waals surface area contributed by atoms with Gasteiger partial charge < -0.3 is 14.8 Å². The van der Waals surface area contributed by atoms with E-state index in [9.17, 15) is 4.79 Å². The van der Waals surface area contributed by atoms with Crippen molar-refractivity contribution in [1.29, 1.82) is 5.26 Å². The topological polar surface area (TPSA) is 71.3 Å². The molecule has 0 saturated heterocycles. The Morgan fingerprint density at radius 1 is 1.27 bits per heavy atom. The highest BCUT2D eigenvalue weighted by Crippen LogP contribution is 2.43. The number of nitrogens with zero attached hydrogens (tertiary/aromatic N) is 1. The minimum Gasteiger partial charge on any atom is -0.493 e. The Balaban J connectivity index is 2.24. The van der Waals surface area contributed by atoms with Gasteiger partial charge in [0.1, 0.15) is 6.42 Å². The lowest BCUT2D eigenvalue weighted by Gasteiger charge is -2.30. The van der Waals surface area contributed by atoms with Crippen LogP contribution in [-0.2, 0) is 10.2 Å². The van der Waals surface area contributed by atoms with Crippen LogP contribution in [0.2, 0.25) is 0 Å². The summed E-state index contributed by atoms with van der Waals surface area (Å²) >= 11 is 0. The molecular weight excluding hydrogens is 280 g/mol. The van der Waals surface area contributed by atoms with E-state index in [1.807, 2.05) is 24.3 Å². The lowest BCUT2D eigenvalue weighted by Crippen LogP contribution is -2.38. The molecule has 1 saturated carbocycles. The highest BCUT2D eigenvalue weighted by atomic mass is 16.5. The predicted molar refractivity (Wildman–Crippen MR) is 82.9 cm³/mol. The van der Waals surface area contributed by atoms with Crippen LogP contribution in [0.3, 0.4) is 0 Å². The van der Waals surface area contributed by atoms with E-state index >= 15 is 0 Å². The van der Waals surface area contributed by atoms with Gasteiger partial charge in [0.15, 0.2) is 11.5 Å². The molecule has 2 rings (SSSR count). The van der Waals surface area contributed by atoms with Gasteiger partial charge in [0, 0.05) is 12.0 Å². The van der Waals surface area contributed by atoms with Gasteiger partial charge in [-0.1, -0.05) is 18.9 Å². The van der Waals surface area contributed by atoms with E-state index in [0.717, 1.165) is 31.2 Å². The van der Waals surface area contributed by atoms with Crippen LogP contribution in [0.4, 0.5) is 0 Å². The number of hydrogen-bond acceptors (Lipinski definition) is 4. The molecule has 1 aliphatic carbocycles. The van der Waals surface area contributed by atoms with Gasteiger partial charge in [-0.25, -0.2) is 0 Å². The summed E-state index contributed by atoms with van der Waals surface area (Å²) in [6.07, 6.45) is 4.23. The number of nitriles is 1. The van der Waals surface area contributed by atoms with Crippen LogP contribution >= 0.6 is 0 Å². The summed E-state index contributed by atoms with van der Waals surface area (Å²) in [5.74, 6) is 1.19. The van der Waals surface area contributed by atoms with Gasteiger partial charge >= 0.3 is 0 Å². The van der Waals surface area contributed by atoms with Crippen LogP contribution in [0.5, 0.6) is 11.5 Å². The molecule has 5 nitrogen and oxygen atoms in total. The van der Waals surface area contributed by atoms with Crippen molar-refractivity contribution in [3.63, 3.8) is 0 Å². The zero-order chi connectivity index (χ0) is 16.0. The van der Waals surface area contributed by atoms with Crippen molar-refractivity contribution in [1.82, 2.24) is 5.32 Å². The molecule has 1 aromatic carbocycles. The molecule has 0 radical (unpaired) electrons. The zero-order valence-electron chi connectivity index (χ0n) is 13.1. The molecule has 5 heteroatoms. The van der Waals surface area contributed by atoms with E-state index in [-0.39, 0.29) is 17.7 Å². The number of rotatable bonds is 6. The van der Waals surface area contributed by atoms with Crippen molar-refractivity contribution in [3.05, 3.63) is 23.8 Å². The number of methoxy groups -OCH3 is 2. The monoisotopic (exact) mass is 302 g/mol. The normalized spacial score (nSPS) is 15.9. The van der Waals surface area contributed by atoms with E-state index in [0.29, 0.717) is 18.0 Å². The molecule has 0 spiro atoms. The van der Waals surface area contributed by atoms with E-state index in [1.54, 1.807) is 14.2 Å². The first-order valence-corrected chi connectivity index (χ1v) is 7.51. The van der Waals surface area contributed by atoms with Crippen LogP contribution in [0.1, 0.15) is 37.7 Å². The van der Waals surface area contributed by atoms with Gasteiger partial charge in [0.2, 0.25) is 5.91 Å². The summed E-state index contributed by atoms with van der Waals surface area (Å²) in [6.45, 7) is 0.559. The Morgan fingerprint density at radius 2 is 1.95 bits per heavy atom. The number of carbonyl (C=O) groups is 1. The van der Waals surface area contributed by atoms with E-state index < -0.39 is 0 Å². The molecule has 118 valence electrons. The summed E-state index contributed by atoms with van der Waals surface area (Å²) in [4.78, 5) is 11.6. The average molecular weight is 302 g/mol. The van der Waals surface area contributed by atoms with Gasteiger partial charge in [0.25, 0.3) is 0 Å². The zero-order valence-corrected chi connectivity index (χ0v) is 13.1. The molecule has 1 amide bonds. The Morgan fingerprint density at radius 3 is 2.55 bits per heavy atom. The molecule has 1 aromatic rings. The third kappa shape index (κ3) is 3.33. The third-order valence-corrected chi connectivity index (χ3v) is 4.42. The van der Waals surface area contributed by atoms with Crippen molar-refractivity contribution < 1.29 is 14.3 Å². The number of ether oxygens (including phenoxy) is 2. The quantitative estimate of drug-likeness (QED) is 0.876. The Kier molecular flexibility index (Phi) is 5.26. The maximum Gasteiger partial charge on any atom is 0.234 e. The van der Waals surface area contributed by atoms with Crippen LogP contribution in [0.25, 0.3) is 0 Å². The fourth-order valence-corrected chi connectivity index (χ4v) is 3.19. The first-order valence-electron chi connectivity index (χ1n) is 7.51. The Labute approximate surface area is 131 Å². The summed E-state index contributed by atoms with van der Waals surface area (Å²) in [5, 5.41) is 11.5. The van der Waals surface area contributed by atoms with Crippen molar-refractivity contribution in [2.75, 3.05) is 20.8 Å². The fraction of sp³-hybridized carbons (Fsp3) is 0.529. The SMILES string of the molecule is COc1ccc(C2(CNC(=O)CC#N)CCCC2)cc1OC. The van der Waals surface area contributed by atoms with Gasteiger partial charge in [-0.3, -0.25) is 4.79 Å². The maximum atomic E-state index is 11.6. The van der Waals surface area contributed by atoms with Gasteiger partial charge in [-0.05, 0) is 30.5 Å². The first-order chi connectivity index (χ1) is 10.6. The molecule has 0 heterocycles. The second-order valence-electron chi connectivity index (χ2n) is 5.67. The molecule has 0 atom stereocenters. The summed E-state index contributed by atoms with van der Waals surface area (Å²) < 4.78 is 10.7. The highest BCUT2D eigenvalue weighted by molar-refractivity contribution is 5.78. The molecule has 0 bridgehead atoms. The van der Waals surface area contributed by atoms with Gasteiger partial charge in [0.05, 0.1) is 20.3 Å². The van der Waals surface area contributed by atoms with Gasteiger partial charge in [-0.15, -0.1) is 0 Å². The second-order valence-corrected chi connectivity index (χ2v) is 5.67. The third-order valence-electron chi connectivity index (χ3n) is 4.42. The van der Waals surface area contributed by atoms with Crippen LogP contribution in [0, 0.1) is 11.3 Å². The predicted octanol–water partition coefficient (Wildman–Crippen LogP) is 2.55. The summed E-state index contributed by atoms with van der Waals surface area (Å²) in [5.41, 5.74) is 1.07. The van der Waals surface area contributed by atoms with Crippen molar-refractivity contribution in [2.24, 2.45) is 0 Å². The molecule has 1 N–H and O–H groups in total. The number of nitrogens with one attached hydrogen (secondary N) is 1. The molecule has 0 unspecified atom stereocenters. The van der Waals surface area contributed by atoms with E-state index in [2.05, 4.69) is 5.32 Å². The van der Waals surface area contributed by atoms with Crippen LogP contribution in [0.15, 0.2) is 18.2 Å². The second kappa shape index (κ2) is 7.17. The van der Waals surface area contributed by atoms with Crippen molar-refractivity contribution >= 4 is 5.91 Å². The summed E-state index contributed by atoms with van der Waals surface area (Å²) in [7, 11) is 3.24. The molecule has 1 aliphatic rings. The van der Waals surface area contributed by atoms with Crippen LogP contribution < -0.4 is 14.8 Å². The lowest BCUT2D eigenvalue weighted by molar-refractivity contribution is -0.120. The maximum absolute atomic E-state index is 11.6. The first kappa shape index (κ1) is 16.2. The molecule has 0 aromatic heterocycles. The Bertz CT molecular complexity index is 572. The number of amides is 1. The number of hydrogen-bond donors (Lipinski definition) is 1. The molecule has 0 aliphatic heterocycles. The van der Waals surface area contributed by atoms with Crippen molar-refractivity contribution in [3.8, 4) is 17.6 Å².